The number of nitriles is 1. The van der Waals surface area contributed by atoms with Gasteiger partial charge in [0.15, 0.2) is 0 Å². The summed E-state index contributed by atoms with van der Waals surface area (Å²) < 4.78 is 0.821. The molecule has 1 N–H and O–H groups in total. The van der Waals surface area contributed by atoms with Crippen molar-refractivity contribution in [2.45, 2.75) is 26.2 Å². The molecule has 0 atom stereocenters. The first-order chi connectivity index (χ1) is 11.6. The summed E-state index contributed by atoms with van der Waals surface area (Å²) in [6, 6.07) is 17.2. The highest BCUT2D eigenvalue weighted by Crippen LogP contribution is 2.25. The van der Waals surface area contributed by atoms with Crippen molar-refractivity contribution in [2.24, 2.45) is 0 Å². The molecule has 0 aromatic heterocycles. The minimum atomic E-state index is -0.414. The molecule has 0 spiro atoms. The number of carbonyl (C=O) groups excluding carboxylic acids is 1. The van der Waals surface area contributed by atoms with Gasteiger partial charge in [-0.15, -0.1) is 0 Å². The molecular weight excluding hydrogens is 364 g/mol. The van der Waals surface area contributed by atoms with Crippen molar-refractivity contribution >= 4 is 33.6 Å². The van der Waals surface area contributed by atoms with Crippen LogP contribution in [0, 0.1) is 11.3 Å². The van der Waals surface area contributed by atoms with Crippen LogP contribution in [0.15, 0.2) is 58.6 Å². The van der Waals surface area contributed by atoms with Crippen LogP contribution in [0.5, 0.6) is 0 Å². The number of rotatable bonds is 6. The second-order valence-electron chi connectivity index (χ2n) is 5.45. The summed E-state index contributed by atoms with van der Waals surface area (Å²) in [5.41, 5.74) is 2.78. The standard InChI is InChI=1S/C20H19BrN2O/c1-2-3-7-16-10-11-19(18(21)13-16)23-20(24)17(14-22)12-15-8-5-4-6-9-15/h4-6,8-13H,2-3,7H2,1H3,(H,23,24)/b17-12+. The minimum Gasteiger partial charge on any atom is -0.320 e. The van der Waals surface area contributed by atoms with Crippen molar-refractivity contribution in [3.05, 3.63) is 69.7 Å². The molecule has 4 heteroatoms. The molecule has 0 aliphatic heterocycles. The van der Waals surface area contributed by atoms with Crippen LogP contribution < -0.4 is 5.32 Å². The highest BCUT2D eigenvalue weighted by Gasteiger charge is 2.11. The Bertz CT molecular complexity index is 776. The van der Waals surface area contributed by atoms with Crippen molar-refractivity contribution in [1.29, 1.82) is 5.26 Å². The smallest absolute Gasteiger partial charge is 0.266 e. The third-order valence-electron chi connectivity index (χ3n) is 3.58. The summed E-state index contributed by atoms with van der Waals surface area (Å²) >= 11 is 3.49. The van der Waals surface area contributed by atoms with Crippen molar-refractivity contribution in [1.82, 2.24) is 0 Å². The van der Waals surface area contributed by atoms with Crippen LogP contribution in [0.3, 0.4) is 0 Å². The first-order valence-corrected chi connectivity index (χ1v) is 8.70. The van der Waals surface area contributed by atoms with E-state index in [2.05, 4.69) is 28.2 Å². The first-order valence-electron chi connectivity index (χ1n) is 7.90. The molecule has 3 nitrogen and oxygen atoms in total. The molecule has 2 rings (SSSR count). The topological polar surface area (TPSA) is 52.9 Å². The van der Waals surface area contributed by atoms with E-state index in [0.717, 1.165) is 29.3 Å². The maximum absolute atomic E-state index is 12.3. The van der Waals surface area contributed by atoms with Gasteiger partial charge in [0, 0.05) is 4.47 Å². The molecule has 0 heterocycles. The molecule has 0 saturated heterocycles. The van der Waals surface area contributed by atoms with E-state index in [1.807, 2.05) is 54.6 Å². The predicted molar refractivity (Wildman–Crippen MR) is 101 cm³/mol. The van der Waals surface area contributed by atoms with E-state index in [0.29, 0.717) is 5.69 Å². The lowest BCUT2D eigenvalue weighted by molar-refractivity contribution is -0.112. The molecule has 0 aliphatic carbocycles. The Labute approximate surface area is 151 Å². The van der Waals surface area contributed by atoms with Gasteiger partial charge in [-0.1, -0.05) is 49.7 Å². The fourth-order valence-electron chi connectivity index (χ4n) is 2.25. The summed E-state index contributed by atoms with van der Waals surface area (Å²) in [5, 5.41) is 12.0. The molecule has 0 saturated carbocycles. The summed E-state index contributed by atoms with van der Waals surface area (Å²) in [7, 11) is 0. The van der Waals surface area contributed by atoms with Crippen LogP contribution in [-0.2, 0) is 11.2 Å². The zero-order valence-corrected chi connectivity index (χ0v) is 15.1. The fourth-order valence-corrected chi connectivity index (χ4v) is 2.78. The molecule has 0 unspecified atom stereocenters. The SMILES string of the molecule is CCCCc1ccc(NC(=O)/C(C#N)=C/c2ccccc2)c(Br)c1. The third-order valence-corrected chi connectivity index (χ3v) is 4.23. The molecule has 0 aliphatic rings. The van der Waals surface area contributed by atoms with Crippen LogP contribution in [-0.4, -0.2) is 5.91 Å². The molecule has 0 radical (unpaired) electrons. The van der Waals surface area contributed by atoms with E-state index >= 15 is 0 Å². The number of anilines is 1. The van der Waals surface area contributed by atoms with E-state index in [1.54, 1.807) is 6.08 Å². The Hall–Kier alpha value is -2.38. The Kier molecular flexibility index (Phi) is 6.77. The summed E-state index contributed by atoms with van der Waals surface area (Å²) in [6.07, 6.45) is 4.88. The van der Waals surface area contributed by atoms with Crippen molar-refractivity contribution in [3.63, 3.8) is 0 Å². The normalized spacial score (nSPS) is 11.0. The molecule has 122 valence electrons. The molecule has 2 aromatic carbocycles. The fraction of sp³-hybridized carbons (Fsp3) is 0.200. The zero-order chi connectivity index (χ0) is 17.4. The lowest BCUT2D eigenvalue weighted by atomic mass is 10.1. The van der Waals surface area contributed by atoms with E-state index in [9.17, 15) is 10.1 Å². The van der Waals surface area contributed by atoms with Crippen molar-refractivity contribution in [3.8, 4) is 6.07 Å². The van der Waals surface area contributed by atoms with Gasteiger partial charge in [-0.3, -0.25) is 4.79 Å². The molecule has 24 heavy (non-hydrogen) atoms. The number of carbonyl (C=O) groups is 1. The zero-order valence-electron chi connectivity index (χ0n) is 13.6. The molecule has 2 aromatic rings. The van der Waals surface area contributed by atoms with Gasteiger partial charge in [-0.05, 0) is 58.1 Å². The Morgan fingerprint density at radius 1 is 1.25 bits per heavy atom. The third kappa shape index (κ3) is 5.07. The first kappa shape index (κ1) is 18.0. The predicted octanol–water partition coefficient (Wildman–Crippen LogP) is 5.34. The van der Waals surface area contributed by atoms with E-state index in [-0.39, 0.29) is 5.57 Å². The van der Waals surface area contributed by atoms with Crippen LogP contribution >= 0.6 is 15.9 Å². The van der Waals surface area contributed by atoms with Crippen LogP contribution in [0.1, 0.15) is 30.9 Å². The van der Waals surface area contributed by atoms with Crippen LogP contribution in [0.2, 0.25) is 0 Å². The van der Waals surface area contributed by atoms with Gasteiger partial charge in [0.1, 0.15) is 11.6 Å². The summed E-state index contributed by atoms with van der Waals surface area (Å²) in [6.45, 7) is 2.16. The second-order valence-corrected chi connectivity index (χ2v) is 6.31. The molecule has 0 bridgehead atoms. The minimum absolute atomic E-state index is 0.0724. The average molecular weight is 383 g/mol. The quantitative estimate of drug-likeness (QED) is 0.541. The number of nitrogens with one attached hydrogen (secondary N) is 1. The van der Waals surface area contributed by atoms with Gasteiger partial charge in [0.25, 0.3) is 5.91 Å². The Balaban J connectivity index is 2.13. The van der Waals surface area contributed by atoms with E-state index in [4.69, 9.17) is 0 Å². The van der Waals surface area contributed by atoms with Crippen LogP contribution in [0.4, 0.5) is 5.69 Å². The number of benzene rings is 2. The maximum Gasteiger partial charge on any atom is 0.266 e. The van der Waals surface area contributed by atoms with Gasteiger partial charge in [-0.2, -0.15) is 5.26 Å². The highest BCUT2D eigenvalue weighted by atomic mass is 79.9. The van der Waals surface area contributed by atoms with Gasteiger partial charge >= 0.3 is 0 Å². The number of nitrogens with zero attached hydrogens (tertiary/aromatic N) is 1. The second kappa shape index (κ2) is 9.05. The number of aryl methyl sites for hydroxylation is 1. The van der Waals surface area contributed by atoms with Crippen LogP contribution in [0.25, 0.3) is 6.08 Å². The number of amides is 1. The van der Waals surface area contributed by atoms with E-state index in [1.165, 1.54) is 5.56 Å². The Morgan fingerprint density at radius 3 is 2.62 bits per heavy atom. The summed E-state index contributed by atoms with van der Waals surface area (Å²) in [5.74, 6) is -0.414. The Morgan fingerprint density at radius 2 is 2.00 bits per heavy atom. The monoisotopic (exact) mass is 382 g/mol. The number of hydrogen-bond donors (Lipinski definition) is 1. The molecule has 1 amide bonds. The maximum atomic E-state index is 12.3. The van der Waals surface area contributed by atoms with Gasteiger partial charge in [0.05, 0.1) is 5.69 Å². The van der Waals surface area contributed by atoms with E-state index < -0.39 is 5.91 Å². The highest BCUT2D eigenvalue weighted by molar-refractivity contribution is 9.10. The lowest BCUT2D eigenvalue weighted by Gasteiger charge is -2.09. The number of unbranched alkanes of at least 4 members (excludes halogenated alkanes) is 1. The molecular formula is C20H19BrN2O. The number of halogens is 1. The van der Waals surface area contributed by atoms with Crippen molar-refractivity contribution in [2.75, 3.05) is 5.32 Å². The van der Waals surface area contributed by atoms with Gasteiger partial charge in [-0.25, -0.2) is 0 Å². The van der Waals surface area contributed by atoms with Gasteiger partial charge in [0.2, 0.25) is 0 Å². The number of hydrogen-bond acceptors (Lipinski definition) is 2. The largest absolute Gasteiger partial charge is 0.320 e. The molecule has 0 fully saturated rings. The average Bonchev–Trinajstić information content (AvgIpc) is 2.60. The van der Waals surface area contributed by atoms with Gasteiger partial charge < -0.3 is 5.32 Å². The summed E-state index contributed by atoms with van der Waals surface area (Å²) in [4.78, 5) is 12.3. The lowest BCUT2D eigenvalue weighted by Crippen LogP contribution is -2.13. The van der Waals surface area contributed by atoms with Crippen molar-refractivity contribution < 1.29 is 4.79 Å².